The zero-order valence-corrected chi connectivity index (χ0v) is 13.8. The van der Waals surface area contributed by atoms with Crippen LogP contribution < -0.4 is 10.5 Å². The van der Waals surface area contributed by atoms with Crippen LogP contribution in [0.4, 0.5) is 0 Å². The van der Waals surface area contributed by atoms with E-state index in [0.717, 1.165) is 30.1 Å². The van der Waals surface area contributed by atoms with Crippen molar-refractivity contribution in [2.75, 3.05) is 13.7 Å². The fourth-order valence-corrected chi connectivity index (χ4v) is 3.69. The number of rotatable bonds is 5. The molecule has 1 saturated carbocycles. The Balaban J connectivity index is 1.93. The molecule has 21 heavy (non-hydrogen) atoms. The van der Waals surface area contributed by atoms with Gasteiger partial charge in [-0.1, -0.05) is 39.0 Å². The van der Waals surface area contributed by atoms with Crippen LogP contribution in [0.1, 0.15) is 51.6 Å². The van der Waals surface area contributed by atoms with E-state index in [9.17, 15) is 0 Å². The van der Waals surface area contributed by atoms with Gasteiger partial charge < -0.3 is 15.2 Å². The first-order chi connectivity index (χ1) is 9.91. The molecule has 0 amide bonds. The first-order valence-electron chi connectivity index (χ1n) is 7.91. The monoisotopic (exact) mass is 291 g/mol. The van der Waals surface area contributed by atoms with E-state index in [4.69, 9.17) is 15.2 Å². The number of benzene rings is 1. The molecule has 0 bridgehead atoms. The van der Waals surface area contributed by atoms with E-state index in [1.54, 1.807) is 7.11 Å². The molecule has 0 saturated heterocycles. The molecule has 1 aromatic carbocycles. The Morgan fingerprint density at radius 2 is 2.00 bits per heavy atom. The number of ether oxygens (including phenoxy) is 2. The number of hydrogen-bond acceptors (Lipinski definition) is 3. The summed E-state index contributed by atoms with van der Waals surface area (Å²) in [5.41, 5.74) is 7.67. The molecule has 1 aromatic rings. The molecule has 1 fully saturated rings. The van der Waals surface area contributed by atoms with Gasteiger partial charge in [-0.25, -0.2) is 0 Å². The minimum atomic E-state index is -0.138. The third-order valence-electron chi connectivity index (χ3n) is 4.40. The van der Waals surface area contributed by atoms with Crippen LogP contribution in [0.25, 0.3) is 0 Å². The van der Waals surface area contributed by atoms with Crippen molar-refractivity contribution in [3.05, 3.63) is 29.8 Å². The van der Waals surface area contributed by atoms with Crippen LogP contribution in [0.3, 0.4) is 0 Å². The lowest BCUT2D eigenvalue weighted by atomic mass is 9.71. The Hall–Kier alpha value is -1.06. The number of hydrogen-bond donors (Lipinski definition) is 1. The third-order valence-corrected chi connectivity index (χ3v) is 4.40. The maximum Gasteiger partial charge on any atom is 0.123 e. The van der Waals surface area contributed by atoms with Crippen LogP contribution >= 0.6 is 0 Å². The van der Waals surface area contributed by atoms with Gasteiger partial charge in [0, 0.05) is 5.56 Å². The summed E-state index contributed by atoms with van der Waals surface area (Å²) in [5.74, 6) is 1.56. The van der Waals surface area contributed by atoms with Gasteiger partial charge in [-0.3, -0.25) is 0 Å². The highest BCUT2D eigenvalue weighted by molar-refractivity contribution is 5.35. The average molecular weight is 291 g/mol. The molecule has 0 aliphatic heterocycles. The Morgan fingerprint density at radius 1 is 1.29 bits per heavy atom. The Labute approximate surface area is 128 Å². The highest BCUT2D eigenvalue weighted by Gasteiger charge is 2.32. The molecule has 0 spiro atoms. The van der Waals surface area contributed by atoms with Gasteiger partial charge in [0.05, 0.1) is 25.9 Å². The summed E-state index contributed by atoms with van der Waals surface area (Å²) in [4.78, 5) is 0. The maximum absolute atomic E-state index is 6.29. The van der Waals surface area contributed by atoms with Gasteiger partial charge in [0.15, 0.2) is 0 Å². The van der Waals surface area contributed by atoms with Gasteiger partial charge in [0.2, 0.25) is 0 Å². The van der Waals surface area contributed by atoms with Crippen molar-refractivity contribution >= 4 is 0 Å². The molecule has 2 rings (SSSR count). The molecule has 3 nitrogen and oxygen atoms in total. The molecular formula is C18H29NO2. The zero-order valence-electron chi connectivity index (χ0n) is 13.8. The average Bonchev–Trinajstić information content (AvgIpc) is 2.42. The van der Waals surface area contributed by atoms with Crippen molar-refractivity contribution in [3.63, 3.8) is 0 Å². The second kappa shape index (κ2) is 6.80. The molecule has 3 heteroatoms. The lowest BCUT2D eigenvalue weighted by Crippen LogP contribution is -2.34. The van der Waals surface area contributed by atoms with E-state index in [-0.39, 0.29) is 6.04 Å². The number of nitrogens with two attached hydrogens (primary N) is 1. The maximum atomic E-state index is 6.29. The van der Waals surface area contributed by atoms with Gasteiger partial charge in [0.1, 0.15) is 5.75 Å². The van der Waals surface area contributed by atoms with Crippen LogP contribution in [0.2, 0.25) is 0 Å². The molecule has 0 aromatic heterocycles. The fraction of sp³-hybridized carbons (Fsp3) is 0.667. The quantitative estimate of drug-likeness (QED) is 0.894. The molecule has 0 radical (unpaired) electrons. The van der Waals surface area contributed by atoms with Crippen LogP contribution in [0, 0.1) is 11.3 Å². The SMILES string of the molecule is COc1ccccc1C(N)COC1CC(C)CC(C)(C)C1. The van der Waals surface area contributed by atoms with Crippen LogP contribution in [0.5, 0.6) is 5.75 Å². The van der Waals surface area contributed by atoms with E-state index in [2.05, 4.69) is 20.8 Å². The first-order valence-corrected chi connectivity index (χ1v) is 7.91. The van der Waals surface area contributed by atoms with Gasteiger partial charge in [-0.05, 0) is 36.7 Å². The lowest BCUT2D eigenvalue weighted by Gasteiger charge is -2.39. The standard InChI is InChI=1S/C18H29NO2/c1-13-9-14(11-18(2,3)10-13)21-12-16(19)15-7-5-6-8-17(15)20-4/h5-8,13-14,16H,9-12,19H2,1-4H3. The zero-order chi connectivity index (χ0) is 15.5. The van der Waals surface area contributed by atoms with Crippen molar-refractivity contribution < 1.29 is 9.47 Å². The normalized spacial score (nSPS) is 26.3. The molecule has 3 atom stereocenters. The highest BCUT2D eigenvalue weighted by atomic mass is 16.5. The third kappa shape index (κ3) is 4.45. The summed E-state index contributed by atoms with van der Waals surface area (Å²) in [6.07, 6.45) is 3.87. The van der Waals surface area contributed by atoms with Gasteiger partial charge >= 0.3 is 0 Å². The summed E-state index contributed by atoms with van der Waals surface area (Å²) in [6, 6.07) is 7.77. The van der Waals surface area contributed by atoms with E-state index in [1.165, 1.54) is 6.42 Å². The van der Waals surface area contributed by atoms with Crippen molar-refractivity contribution in [3.8, 4) is 5.75 Å². The molecule has 1 aliphatic carbocycles. The minimum Gasteiger partial charge on any atom is -0.496 e. The van der Waals surface area contributed by atoms with Gasteiger partial charge in [-0.15, -0.1) is 0 Å². The fourth-order valence-electron chi connectivity index (χ4n) is 3.69. The summed E-state index contributed by atoms with van der Waals surface area (Å²) in [6.45, 7) is 7.53. The van der Waals surface area contributed by atoms with Crippen LogP contribution in [-0.4, -0.2) is 19.8 Å². The topological polar surface area (TPSA) is 44.5 Å². The molecule has 3 unspecified atom stereocenters. The predicted molar refractivity (Wildman–Crippen MR) is 86.5 cm³/mol. The molecular weight excluding hydrogens is 262 g/mol. The lowest BCUT2D eigenvalue weighted by molar-refractivity contribution is -0.0280. The summed E-state index contributed by atoms with van der Waals surface area (Å²) in [5, 5.41) is 0. The molecule has 118 valence electrons. The van der Waals surface area contributed by atoms with Crippen LogP contribution in [0.15, 0.2) is 24.3 Å². The van der Waals surface area contributed by atoms with Crippen molar-refractivity contribution in [2.24, 2.45) is 17.1 Å². The van der Waals surface area contributed by atoms with Crippen molar-refractivity contribution in [1.82, 2.24) is 0 Å². The second-order valence-corrected chi connectivity index (χ2v) is 7.22. The smallest absolute Gasteiger partial charge is 0.123 e. The first kappa shape index (κ1) is 16.3. The van der Waals surface area contributed by atoms with E-state index in [0.29, 0.717) is 18.1 Å². The minimum absolute atomic E-state index is 0.138. The van der Waals surface area contributed by atoms with Gasteiger partial charge in [0.25, 0.3) is 0 Å². The summed E-state index contributed by atoms with van der Waals surface area (Å²) >= 11 is 0. The van der Waals surface area contributed by atoms with E-state index < -0.39 is 0 Å². The number of methoxy groups -OCH3 is 1. The van der Waals surface area contributed by atoms with Crippen LogP contribution in [-0.2, 0) is 4.74 Å². The Bertz CT molecular complexity index is 458. The molecule has 0 heterocycles. The van der Waals surface area contributed by atoms with Crippen molar-refractivity contribution in [1.29, 1.82) is 0 Å². The molecule has 1 aliphatic rings. The summed E-state index contributed by atoms with van der Waals surface area (Å²) < 4.78 is 11.5. The van der Waals surface area contributed by atoms with E-state index in [1.807, 2.05) is 24.3 Å². The van der Waals surface area contributed by atoms with Gasteiger partial charge in [-0.2, -0.15) is 0 Å². The summed E-state index contributed by atoms with van der Waals surface area (Å²) in [7, 11) is 1.68. The largest absolute Gasteiger partial charge is 0.496 e. The number of para-hydroxylation sites is 1. The predicted octanol–water partition coefficient (Wildman–Crippen LogP) is 3.93. The molecule has 2 N–H and O–H groups in total. The highest BCUT2D eigenvalue weighted by Crippen LogP contribution is 2.40. The van der Waals surface area contributed by atoms with Crippen molar-refractivity contribution in [2.45, 2.75) is 52.2 Å². The Morgan fingerprint density at radius 3 is 2.67 bits per heavy atom. The Kier molecular flexibility index (Phi) is 5.28. The van der Waals surface area contributed by atoms with E-state index >= 15 is 0 Å². The second-order valence-electron chi connectivity index (χ2n) is 7.22.